The minimum atomic E-state index is 0.299. The summed E-state index contributed by atoms with van der Waals surface area (Å²) in [7, 11) is 0. The summed E-state index contributed by atoms with van der Waals surface area (Å²) in [5.41, 5.74) is 0.838. The van der Waals surface area contributed by atoms with Gasteiger partial charge in [0.25, 0.3) is 0 Å². The Hall–Kier alpha value is -0.440. The normalized spacial score (nSPS) is 25.4. The van der Waals surface area contributed by atoms with Crippen LogP contribution in [-0.4, -0.2) is 18.8 Å². The van der Waals surface area contributed by atoms with E-state index in [1.54, 1.807) is 0 Å². The largest absolute Gasteiger partial charge is 0.380 e. The predicted octanol–water partition coefficient (Wildman–Crippen LogP) is 3.97. The maximum absolute atomic E-state index is 6.11. The van der Waals surface area contributed by atoms with Crippen LogP contribution in [0.1, 0.15) is 19.8 Å². The van der Waals surface area contributed by atoms with Gasteiger partial charge >= 0.3 is 0 Å². The van der Waals surface area contributed by atoms with Gasteiger partial charge in [0, 0.05) is 12.6 Å². The lowest BCUT2D eigenvalue weighted by molar-refractivity contribution is 0.0232. The van der Waals surface area contributed by atoms with Gasteiger partial charge in [0.1, 0.15) is 0 Å². The molecule has 0 amide bonds. The van der Waals surface area contributed by atoms with Gasteiger partial charge in [-0.25, -0.2) is 0 Å². The van der Waals surface area contributed by atoms with Crippen LogP contribution >= 0.6 is 23.2 Å². The molecule has 0 bridgehead atoms. The van der Waals surface area contributed by atoms with Crippen LogP contribution in [0.15, 0.2) is 18.2 Å². The lowest BCUT2D eigenvalue weighted by Gasteiger charge is -2.29. The number of halogens is 2. The highest BCUT2D eigenvalue weighted by Crippen LogP contribution is 2.31. The summed E-state index contributed by atoms with van der Waals surface area (Å²) < 4.78 is 5.50. The molecule has 4 heteroatoms. The van der Waals surface area contributed by atoms with E-state index in [1.807, 2.05) is 18.2 Å². The summed E-state index contributed by atoms with van der Waals surface area (Å²) >= 11 is 12.2. The highest BCUT2D eigenvalue weighted by molar-refractivity contribution is 6.39. The van der Waals surface area contributed by atoms with Crippen molar-refractivity contribution in [3.63, 3.8) is 0 Å². The number of hydrogen-bond acceptors (Lipinski definition) is 2. The Bertz CT molecular complexity index is 350. The SMILES string of the molecule is CC1CC(Nc2c(Cl)cccc2Cl)CCO1. The van der Waals surface area contributed by atoms with Gasteiger partial charge < -0.3 is 10.1 Å². The molecule has 1 aliphatic heterocycles. The van der Waals surface area contributed by atoms with Crippen LogP contribution in [0.25, 0.3) is 0 Å². The zero-order valence-electron chi connectivity index (χ0n) is 9.17. The standard InChI is InChI=1S/C12H15Cl2NO/c1-8-7-9(5-6-16-8)15-12-10(13)3-2-4-11(12)14/h2-4,8-9,15H,5-7H2,1H3. The molecule has 1 N–H and O–H groups in total. The number of para-hydroxylation sites is 1. The first-order valence-electron chi connectivity index (χ1n) is 5.49. The van der Waals surface area contributed by atoms with E-state index < -0.39 is 0 Å². The van der Waals surface area contributed by atoms with Crippen LogP contribution in [0.2, 0.25) is 10.0 Å². The van der Waals surface area contributed by atoms with E-state index in [0.717, 1.165) is 25.1 Å². The molecule has 2 rings (SSSR count). The van der Waals surface area contributed by atoms with Gasteiger partial charge in [0.05, 0.1) is 21.8 Å². The molecule has 1 aliphatic rings. The highest BCUT2D eigenvalue weighted by Gasteiger charge is 2.20. The number of nitrogens with one attached hydrogen (secondary N) is 1. The Labute approximate surface area is 106 Å². The second kappa shape index (κ2) is 5.26. The van der Waals surface area contributed by atoms with E-state index in [4.69, 9.17) is 27.9 Å². The van der Waals surface area contributed by atoms with Gasteiger partial charge in [-0.05, 0) is 31.9 Å². The Kier molecular flexibility index (Phi) is 3.95. The minimum absolute atomic E-state index is 0.299. The first kappa shape index (κ1) is 12.0. The lowest BCUT2D eigenvalue weighted by atomic mass is 10.0. The summed E-state index contributed by atoms with van der Waals surface area (Å²) in [6.45, 7) is 2.88. The van der Waals surface area contributed by atoms with E-state index in [0.29, 0.717) is 22.2 Å². The van der Waals surface area contributed by atoms with Crippen molar-refractivity contribution in [2.24, 2.45) is 0 Å². The molecular weight excluding hydrogens is 245 g/mol. The van der Waals surface area contributed by atoms with Crippen LogP contribution in [0.4, 0.5) is 5.69 Å². The van der Waals surface area contributed by atoms with Crippen LogP contribution in [-0.2, 0) is 4.74 Å². The van der Waals surface area contributed by atoms with Crippen molar-refractivity contribution in [2.45, 2.75) is 31.9 Å². The molecule has 1 aromatic carbocycles. The van der Waals surface area contributed by atoms with E-state index in [1.165, 1.54) is 0 Å². The smallest absolute Gasteiger partial charge is 0.0721 e. The van der Waals surface area contributed by atoms with Crippen molar-refractivity contribution < 1.29 is 4.74 Å². The van der Waals surface area contributed by atoms with Crippen molar-refractivity contribution in [1.29, 1.82) is 0 Å². The van der Waals surface area contributed by atoms with Crippen LogP contribution in [0.5, 0.6) is 0 Å². The average Bonchev–Trinajstić information content (AvgIpc) is 2.24. The summed E-state index contributed by atoms with van der Waals surface area (Å²) in [5, 5.41) is 4.75. The zero-order chi connectivity index (χ0) is 11.5. The molecule has 2 unspecified atom stereocenters. The van der Waals surface area contributed by atoms with Gasteiger partial charge in [0.2, 0.25) is 0 Å². The molecule has 0 saturated carbocycles. The number of hydrogen-bond donors (Lipinski definition) is 1. The van der Waals surface area contributed by atoms with Gasteiger partial charge in [0.15, 0.2) is 0 Å². The minimum Gasteiger partial charge on any atom is -0.380 e. The monoisotopic (exact) mass is 259 g/mol. The fourth-order valence-electron chi connectivity index (χ4n) is 1.97. The van der Waals surface area contributed by atoms with Crippen molar-refractivity contribution in [3.05, 3.63) is 28.2 Å². The van der Waals surface area contributed by atoms with E-state index in [-0.39, 0.29) is 0 Å². The predicted molar refractivity (Wildman–Crippen MR) is 68.5 cm³/mol. The third-order valence-corrected chi connectivity index (χ3v) is 3.43. The summed E-state index contributed by atoms with van der Waals surface area (Å²) in [6, 6.07) is 5.93. The Morgan fingerprint density at radius 1 is 1.31 bits per heavy atom. The molecule has 1 saturated heterocycles. The molecule has 0 aromatic heterocycles. The first-order chi connectivity index (χ1) is 7.66. The maximum atomic E-state index is 6.11. The highest BCUT2D eigenvalue weighted by atomic mass is 35.5. The maximum Gasteiger partial charge on any atom is 0.0721 e. The second-order valence-electron chi connectivity index (χ2n) is 4.14. The molecule has 2 atom stereocenters. The number of rotatable bonds is 2. The number of ether oxygens (including phenoxy) is 1. The third-order valence-electron chi connectivity index (χ3n) is 2.80. The van der Waals surface area contributed by atoms with Crippen molar-refractivity contribution in [1.82, 2.24) is 0 Å². The molecule has 16 heavy (non-hydrogen) atoms. The molecule has 1 heterocycles. The lowest BCUT2D eigenvalue weighted by Crippen LogP contribution is -2.32. The van der Waals surface area contributed by atoms with Crippen LogP contribution in [0, 0.1) is 0 Å². The zero-order valence-corrected chi connectivity index (χ0v) is 10.7. The Morgan fingerprint density at radius 2 is 2.00 bits per heavy atom. The number of benzene rings is 1. The molecule has 2 nitrogen and oxygen atoms in total. The molecule has 0 radical (unpaired) electrons. The van der Waals surface area contributed by atoms with Gasteiger partial charge in [-0.15, -0.1) is 0 Å². The van der Waals surface area contributed by atoms with Gasteiger partial charge in [-0.2, -0.15) is 0 Å². The average molecular weight is 260 g/mol. The third kappa shape index (κ3) is 2.82. The van der Waals surface area contributed by atoms with E-state index in [2.05, 4.69) is 12.2 Å². The number of anilines is 1. The molecule has 1 aromatic rings. The van der Waals surface area contributed by atoms with Crippen molar-refractivity contribution in [2.75, 3.05) is 11.9 Å². The van der Waals surface area contributed by atoms with Gasteiger partial charge in [-0.1, -0.05) is 29.3 Å². The fraction of sp³-hybridized carbons (Fsp3) is 0.500. The fourth-order valence-corrected chi connectivity index (χ4v) is 2.48. The summed E-state index contributed by atoms with van der Waals surface area (Å²) in [5.74, 6) is 0. The second-order valence-corrected chi connectivity index (χ2v) is 4.96. The summed E-state index contributed by atoms with van der Waals surface area (Å²) in [4.78, 5) is 0. The molecule has 88 valence electrons. The van der Waals surface area contributed by atoms with Crippen molar-refractivity contribution >= 4 is 28.9 Å². The van der Waals surface area contributed by atoms with E-state index in [9.17, 15) is 0 Å². The van der Waals surface area contributed by atoms with Crippen LogP contribution in [0.3, 0.4) is 0 Å². The quantitative estimate of drug-likeness (QED) is 0.868. The van der Waals surface area contributed by atoms with Crippen LogP contribution < -0.4 is 5.32 Å². The molecule has 0 spiro atoms. The summed E-state index contributed by atoms with van der Waals surface area (Å²) in [6.07, 6.45) is 2.28. The van der Waals surface area contributed by atoms with E-state index >= 15 is 0 Å². The Morgan fingerprint density at radius 3 is 2.62 bits per heavy atom. The van der Waals surface area contributed by atoms with Gasteiger partial charge in [-0.3, -0.25) is 0 Å². The topological polar surface area (TPSA) is 21.3 Å². The molecule has 1 fully saturated rings. The first-order valence-corrected chi connectivity index (χ1v) is 6.24. The van der Waals surface area contributed by atoms with Crippen molar-refractivity contribution in [3.8, 4) is 0 Å². The molecular formula is C12H15Cl2NO. The Balaban J connectivity index is 2.08. The molecule has 0 aliphatic carbocycles.